The third kappa shape index (κ3) is 1.51. The lowest BCUT2D eigenvalue weighted by Gasteiger charge is -2.04. The van der Waals surface area contributed by atoms with Crippen LogP contribution >= 0.6 is 22.6 Å². The minimum Gasteiger partial charge on any atom is -0.508 e. The maximum atomic E-state index is 8.80. The molecule has 0 aromatic heterocycles. The summed E-state index contributed by atoms with van der Waals surface area (Å²) in [6.45, 7) is 0. The highest BCUT2D eigenvalue weighted by molar-refractivity contribution is 14.1. The molecule has 2 heteroatoms. The number of aliphatic hydroxyl groups is 1. The Hall–Kier alpha value is 0.01000. The Morgan fingerprint density at radius 3 is 2.88 bits per heavy atom. The van der Waals surface area contributed by atoms with Crippen LogP contribution in [-0.4, -0.2) is 9.03 Å². The summed E-state index contributed by atoms with van der Waals surface area (Å²) in [6, 6.07) is 0. The van der Waals surface area contributed by atoms with Crippen LogP contribution in [-0.2, 0) is 0 Å². The maximum absolute atomic E-state index is 8.80. The lowest BCUT2D eigenvalue weighted by molar-refractivity contribution is 0.427. The average molecular weight is 222 g/mol. The molecular weight excluding hydrogens is 215 g/mol. The highest BCUT2D eigenvalue weighted by Gasteiger charge is 2.01. The van der Waals surface area contributed by atoms with Crippen molar-refractivity contribution in [3.63, 3.8) is 0 Å². The van der Waals surface area contributed by atoms with Crippen molar-refractivity contribution >= 4 is 22.6 Å². The summed E-state index contributed by atoms with van der Waals surface area (Å²) in [4.78, 5) is 0. The Morgan fingerprint density at radius 2 is 2.50 bits per heavy atom. The van der Waals surface area contributed by atoms with Gasteiger partial charge in [0, 0.05) is 3.92 Å². The quantitative estimate of drug-likeness (QED) is 0.492. The van der Waals surface area contributed by atoms with Crippen LogP contribution in [0, 0.1) is 0 Å². The summed E-state index contributed by atoms with van der Waals surface area (Å²) >= 11 is 2.32. The van der Waals surface area contributed by atoms with E-state index in [1.54, 1.807) is 6.08 Å². The largest absolute Gasteiger partial charge is 0.508 e. The fourth-order valence-corrected chi connectivity index (χ4v) is 1.04. The van der Waals surface area contributed by atoms with Gasteiger partial charge < -0.3 is 5.11 Å². The number of allylic oxidation sites excluding steroid dienone is 3. The molecule has 0 saturated heterocycles. The monoisotopic (exact) mass is 222 g/mol. The van der Waals surface area contributed by atoms with Crippen molar-refractivity contribution in [3.05, 3.63) is 24.0 Å². The van der Waals surface area contributed by atoms with Crippen LogP contribution in [0.5, 0.6) is 0 Å². The number of hydrogen-bond donors (Lipinski definition) is 1. The van der Waals surface area contributed by atoms with Gasteiger partial charge in [-0.05, 0) is 18.6 Å². The second-order valence-corrected chi connectivity index (χ2v) is 3.34. The van der Waals surface area contributed by atoms with E-state index in [0.717, 1.165) is 6.42 Å². The Bertz CT molecular complexity index is 137. The normalized spacial score (nSPS) is 27.6. The first-order valence-electron chi connectivity index (χ1n) is 2.50. The van der Waals surface area contributed by atoms with Crippen LogP contribution in [0.25, 0.3) is 0 Å². The first-order chi connectivity index (χ1) is 3.79. The smallest absolute Gasteiger partial charge is 0.111 e. The minimum atomic E-state index is 0.401. The van der Waals surface area contributed by atoms with Gasteiger partial charge in [0.15, 0.2) is 0 Å². The summed E-state index contributed by atoms with van der Waals surface area (Å²) in [5.74, 6) is 0.401. The van der Waals surface area contributed by atoms with E-state index < -0.39 is 0 Å². The van der Waals surface area contributed by atoms with Crippen molar-refractivity contribution in [3.8, 4) is 0 Å². The Balaban J connectivity index is 2.58. The average Bonchev–Trinajstić information content (AvgIpc) is 1.77. The van der Waals surface area contributed by atoms with Gasteiger partial charge in [0.1, 0.15) is 5.76 Å². The van der Waals surface area contributed by atoms with Crippen LogP contribution in [0.2, 0.25) is 0 Å². The van der Waals surface area contributed by atoms with Crippen molar-refractivity contribution in [1.82, 2.24) is 0 Å². The minimum absolute atomic E-state index is 0.401. The number of alkyl halides is 1. The molecule has 0 heterocycles. The van der Waals surface area contributed by atoms with Gasteiger partial charge >= 0.3 is 0 Å². The third-order valence-electron chi connectivity index (χ3n) is 1.03. The lowest BCUT2D eigenvalue weighted by Crippen LogP contribution is -1.95. The molecule has 0 saturated carbocycles. The molecule has 1 N–H and O–H groups in total. The highest BCUT2D eigenvalue weighted by atomic mass is 127. The molecule has 1 atom stereocenters. The van der Waals surface area contributed by atoms with E-state index >= 15 is 0 Å². The zero-order valence-electron chi connectivity index (χ0n) is 4.34. The predicted octanol–water partition coefficient (Wildman–Crippen LogP) is 2.19. The molecule has 0 aromatic rings. The van der Waals surface area contributed by atoms with Crippen LogP contribution in [0.4, 0.5) is 0 Å². The van der Waals surface area contributed by atoms with E-state index in [-0.39, 0.29) is 0 Å². The van der Waals surface area contributed by atoms with Gasteiger partial charge in [0.2, 0.25) is 0 Å². The lowest BCUT2D eigenvalue weighted by atomic mass is 10.2. The van der Waals surface area contributed by atoms with Gasteiger partial charge in [0.05, 0.1) is 0 Å². The zero-order valence-corrected chi connectivity index (χ0v) is 6.50. The van der Waals surface area contributed by atoms with E-state index in [4.69, 9.17) is 5.11 Å². The highest BCUT2D eigenvalue weighted by Crippen LogP contribution is 2.14. The molecule has 0 radical (unpaired) electrons. The molecule has 0 aromatic carbocycles. The van der Waals surface area contributed by atoms with Crippen LogP contribution in [0.3, 0.4) is 0 Å². The van der Waals surface area contributed by atoms with E-state index in [1.165, 1.54) is 0 Å². The molecule has 0 fully saturated rings. The van der Waals surface area contributed by atoms with Gasteiger partial charge in [-0.3, -0.25) is 0 Å². The first-order valence-corrected chi connectivity index (χ1v) is 3.75. The van der Waals surface area contributed by atoms with E-state index in [1.807, 2.05) is 12.2 Å². The molecule has 44 valence electrons. The van der Waals surface area contributed by atoms with Gasteiger partial charge in [-0.25, -0.2) is 0 Å². The summed E-state index contributed by atoms with van der Waals surface area (Å²) in [7, 11) is 0. The maximum Gasteiger partial charge on any atom is 0.111 e. The van der Waals surface area contributed by atoms with Gasteiger partial charge in [-0.1, -0.05) is 28.7 Å². The van der Waals surface area contributed by atoms with Crippen molar-refractivity contribution in [1.29, 1.82) is 0 Å². The Kier molecular flexibility index (Phi) is 1.94. The van der Waals surface area contributed by atoms with Crippen LogP contribution < -0.4 is 0 Å². The molecule has 1 aliphatic carbocycles. The number of rotatable bonds is 0. The van der Waals surface area contributed by atoms with Crippen molar-refractivity contribution in [2.24, 2.45) is 0 Å². The van der Waals surface area contributed by atoms with Crippen LogP contribution in [0.1, 0.15) is 6.42 Å². The van der Waals surface area contributed by atoms with Gasteiger partial charge in [0.25, 0.3) is 0 Å². The molecule has 1 nitrogen and oxygen atoms in total. The molecule has 8 heavy (non-hydrogen) atoms. The van der Waals surface area contributed by atoms with Crippen molar-refractivity contribution in [2.75, 3.05) is 0 Å². The zero-order chi connectivity index (χ0) is 5.98. The van der Waals surface area contributed by atoms with Crippen LogP contribution in [0.15, 0.2) is 24.0 Å². The number of aliphatic hydroxyl groups excluding tert-OH is 1. The van der Waals surface area contributed by atoms with Gasteiger partial charge in [-0.15, -0.1) is 0 Å². The fraction of sp³-hybridized carbons (Fsp3) is 0.333. The Labute approximate surface area is 62.2 Å². The van der Waals surface area contributed by atoms with Gasteiger partial charge in [-0.2, -0.15) is 0 Å². The van der Waals surface area contributed by atoms with E-state index in [0.29, 0.717) is 9.68 Å². The second-order valence-electron chi connectivity index (χ2n) is 1.74. The number of hydrogen-bond acceptors (Lipinski definition) is 1. The first kappa shape index (κ1) is 6.13. The molecule has 0 aliphatic heterocycles. The molecule has 1 unspecified atom stereocenters. The third-order valence-corrected chi connectivity index (χ3v) is 1.95. The Morgan fingerprint density at radius 1 is 1.75 bits per heavy atom. The topological polar surface area (TPSA) is 20.2 Å². The van der Waals surface area contributed by atoms with E-state index in [9.17, 15) is 0 Å². The molecule has 0 bridgehead atoms. The van der Waals surface area contributed by atoms with Crippen molar-refractivity contribution in [2.45, 2.75) is 10.3 Å². The molecule has 0 spiro atoms. The standard InChI is InChI=1S/C6H7IO/c7-5-1-3-6(8)4-2-5/h1,3-5,8H,2H2. The SMILES string of the molecule is OC1=CCC(I)C=C1. The summed E-state index contributed by atoms with van der Waals surface area (Å²) in [5.41, 5.74) is 0. The summed E-state index contributed by atoms with van der Waals surface area (Å²) in [5, 5.41) is 8.80. The molecule has 0 amide bonds. The number of halogens is 1. The van der Waals surface area contributed by atoms with Crippen molar-refractivity contribution < 1.29 is 5.11 Å². The fourth-order valence-electron chi connectivity index (χ4n) is 0.583. The summed E-state index contributed by atoms with van der Waals surface area (Å²) < 4.78 is 0.573. The summed E-state index contributed by atoms with van der Waals surface area (Å²) in [6.07, 6.45) is 6.52. The van der Waals surface area contributed by atoms with E-state index in [2.05, 4.69) is 22.6 Å². The second kappa shape index (κ2) is 2.53. The molecule has 1 aliphatic rings. The molecular formula is C6H7IO. The predicted molar refractivity (Wildman–Crippen MR) is 42.3 cm³/mol. The molecule has 1 rings (SSSR count).